The highest BCUT2D eigenvalue weighted by Crippen LogP contribution is 2.29. The van der Waals surface area contributed by atoms with Crippen molar-refractivity contribution < 1.29 is 19.2 Å². The predicted molar refractivity (Wildman–Crippen MR) is 106 cm³/mol. The van der Waals surface area contributed by atoms with Crippen LogP contribution in [-0.4, -0.2) is 49.0 Å². The van der Waals surface area contributed by atoms with Crippen LogP contribution in [0.15, 0.2) is 48.5 Å². The molecule has 2 aliphatic heterocycles. The standard InChI is InChI=1S/C22H25N3O3/c1-16-5-4-6-17(13-16)15-24-9-11-25(12-10-24)21(26)14-20-22(27)23-18-7-2-3-8-19(18)28-20/h2-8,13,20H,9-12,14-15H2,1H3,(H,23,27)/p+1/t20-/m1/s1. The lowest BCUT2D eigenvalue weighted by Gasteiger charge is -2.33. The Kier molecular flexibility index (Phi) is 5.30. The summed E-state index contributed by atoms with van der Waals surface area (Å²) >= 11 is 0. The summed E-state index contributed by atoms with van der Waals surface area (Å²) in [6.07, 6.45) is -0.687. The number of para-hydroxylation sites is 2. The van der Waals surface area contributed by atoms with Gasteiger partial charge in [0.05, 0.1) is 38.3 Å². The third-order valence-corrected chi connectivity index (χ3v) is 5.43. The normalized spacial score (nSPS) is 19.5. The molecule has 1 fully saturated rings. The fourth-order valence-electron chi connectivity index (χ4n) is 3.87. The summed E-state index contributed by atoms with van der Waals surface area (Å²) < 4.78 is 5.75. The van der Waals surface area contributed by atoms with Crippen LogP contribution in [0, 0.1) is 6.92 Å². The van der Waals surface area contributed by atoms with Gasteiger partial charge in [0, 0.05) is 5.56 Å². The number of carbonyl (C=O) groups is 2. The van der Waals surface area contributed by atoms with Crippen molar-refractivity contribution in [2.75, 3.05) is 31.5 Å². The highest BCUT2D eigenvalue weighted by atomic mass is 16.5. The van der Waals surface area contributed by atoms with Crippen molar-refractivity contribution in [1.29, 1.82) is 0 Å². The van der Waals surface area contributed by atoms with E-state index in [0.717, 1.165) is 19.6 Å². The second-order valence-corrected chi connectivity index (χ2v) is 7.59. The second kappa shape index (κ2) is 8.02. The van der Waals surface area contributed by atoms with Crippen molar-refractivity contribution >= 4 is 17.5 Å². The number of fused-ring (bicyclic) bond motifs is 1. The molecule has 0 saturated carbocycles. The lowest BCUT2D eigenvalue weighted by atomic mass is 10.1. The summed E-state index contributed by atoms with van der Waals surface area (Å²) in [7, 11) is 0. The molecule has 0 unspecified atom stereocenters. The smallest absolute Gasteiger partial charge is 0.266 e. The van der Waals surface area contributed by atoms with Gasteiger partial charge in [0.1, 0.15) is 12.3 Å². The molecule has 28 heavy (non-hydrogen) atoms. The largest absolute Gasteiger partial charge is 0.478 e. The van der Waals surface area contributed by atoms with Gasteiger partial charge < -0.3 is 19.9 Å². The van der Waals surface area contributed by atoms with Crippen molar-refractivity contribution in [3.05, 3.63) is 59.7 Å². The third-order valence-electron chi connectivity index (χ3n) is 5.43. The van der Waals surface area contributed by atoms with Gasteiger partial charge in [0.25, 0.3) is 5.91 Å². The van der Waals surface area contributed by atoms with E-state index in [-0.39, 0.29) is 18.2 Å². The number of ether oxygens (including phenoxy) is 1. The number of hydrogen-bond acceptors (Lipinski definition) is 3. The van der Waals surface area contributed by atoms with E-state index in [4.69, 9.17) is 4.74 Å². The molecule has 2 aromatic rings. The molecule has 0 aliphatic carbocycles. The van der Waals surface area contributed by atoms with Crippen LogP contribution >= 0.6 is 0 Å². The molecule has 2 N–H and O–H groups in total. The molecule has 146 valence electrons. The monoisotopic (exact) mass is 380 g/mol. The minimum Gasteiger partial charge on any atom is -0.478 e. The molecule has 2 aromatic carbocycles. The summed E-state index contributed by atoms with van der Waals surface area (Å²) in [5, 5.41) is 2.82. The van der Waals surface area contributed by atoms with Crippen molar-refractivity contribution in [3.63, 3.8) is 0 Å². The molecule has 4 rings (SSSR count). The topological polar surface area (TPSA) is 63.1 Å². The van der Waals surface area contributed by atoms with Crippen LogP contribution < -0.4 is 15.0 Å². The fourth-order valence-corrected chi connectivity index (χ4v) is 3.87. The van der Waals surface area contributed by atoms with E-state index in [2.05, 4.69) is 36.5 Å². The molecule has 2 aliphatic rings. The maximum atomic E-state index is 12.7. The molecular formula is C22H26N3O3+. The number of benzene rings is 2. The third kappa shape index (κ3) is 4.17. The van der Waals surface area contributed by atoms with E-state index in [1.54, 1.807) is 12.1 Å². The summed E-state index contributed by atoms with van der Waals surface area (Å²) in [6.45, 7) is 6.35. The van der Waals surface area contributed by atoms with Gasteiger partial charge in [-0.15, -0.1) is 0 Å². The molecule has 1 atom stereocenters. The van der Waals surface area contributed by atoms with Crippen LogP contribution in [0.5, 0.6) is 5.75 Å². The molecule has 6 nitrogen and oxygen atoms in total. The summed E-state index contributed by atoms with van der Waals surface area (Å²) in [4.78, 5) is 28.3. The van der Waals surface area contributed by atoms with Gasteiger partial charge in [-0.25, -0.2) is 0 Å². The Labute approximate surface area is 165 Å². The highest BCUT2D eigenvalue weighted by Gasteiger charge is 2.32. The first kappa shape index (κ1) is 18.5. The van der Waals surface area contributed by atoms with Crippen molar-refractivity contribution in [2.45, 2.75) is 26.0 Å². The number of carbonyl (C=O) groups excluding carboxylic acids is 2. The number of hydrogen-bond donors (Lipinski definition) is 2. The number of anilines is 1. The molecule has 2 amide bonds. The zero-order chi connectivity index (χ0) is 19.5. The Morgan fingerprint density at radius 2 is 1.96 bits per heavy atom. The Bertz CT molecular complexity index is 875. The number of aryl methyl sites for hydroxylation is 1. The SMILES string of the molecule is Cc1cccc(C[NH+]2CCN(C(=O)C[C@H]3Oc4ccccc4NC3=O)CC2)c1. The van der Waals surface area contributed by atoms with E-state index in [9.17, 15) is 9.59 Å². The van der Waals surface area contributed by atoms with Crippen molar-refractivity contribution in [1.82, 2.24) is 4.90 Å². The first-order valence-corrected chi connectivity index (χ1v) is 9.82. The van der Waals surface area contributed by atoms with E-state index < -0.39 is 6.10 Å². The van der Waals surface area contributed by atoms with Gasteiger partial charge in [-0.2, -0.15) is 0 Å². The summed E-state index contributed by atoms with van der Waals surface area (Å²) in [5.74, 6) is 0.345. The first-order chi connectivity index (χ1) is 13.6. The van der Waals surface area contributed by atoms with E-state index in [1.165, 1.54) is 16.0 Å². The predicted octanol–water partition coefficient (Wildman–Crippen LogP) is 1.01. The average Bonchev–Trinajstić information content (AvgIpc) is 2.69. The molecule has 1 saturated heterocycles. The summed E-state index contributed by atoms with van der Waals surface area (Å²) in [5.41, 5.74) is 3.27. The Morgan fingerprint density at radius 1 is 1.18 bits per heavy atom. The van der Waals surface area contributed by atoms with Crippen LogP contribution in [0.3, 0.4) is 0 Å². The van der Waals surface area contributed by atoms with Crippen LogP contribution in [0.1, 0.15) is 17.5 Å². The number of quaternary nitrogens is 1. The molecule has 2 heterocycles. The number of rotatable bonds is 4. The lowest BCUT2D eigenvalue weighted by Crippen LogP contribution is -3.13. The van der Waals surface area contributed by atoms with Crippen LogP contribution in [0.2, 0.25) is 0 Å². The Morgan fingerprint density at radius 3 is 2.75 bits per heavy atom. The first-order valence-electron chi connectivity index (χ1n) is 9.82. The number of piperazine rings is 1. The van der Waals surface area contributed by atoms with Gasteiger partial charge in [-0.3, -0.25) is 9.59 Å². The van der Waals surface area contributed by atoms with E-state index >= 15 is 0 Å². The zero-order valence-electron chi connectivity index (χ0n) is 16.1. The molecule has 0 aromatic heterocycles. The van der Waals surface area contributed by atoms with E-state index in [1.807, 2.05) is 17.0 Å². The Balaban J connectivity index is 1.29. The molecule has 0 radical (unpaired) electrons. The van der Waals surface area contributed by atoms with Gasteiger partial charge in [-0.1, -0.05) is 42.0 Å². The fraction of sp³-hybridized carbons (Fsp3) is 0.364. The van der Waals surface area contributed by atoms with Gasteiger partial charge >= 0.3 is 0 Å². The van der Waals surface area contributed by atoms with Crippen molar-refractivity contribution in [3.8, 4) is 5.75 Å². The maximum Gasteiger partial charge on any atom is 0.266 e. The van der Waals surface area contributed by atoms with Crippen molar-refractivity contribution in [2.24, 2.45) is 0 Å². The number of nitrogens with one attached hydrogen (secondary N) is 2. The number of nitrogens with zero attached hydrogens (tertiary/aromatic N) is 1. The lowest BCUT2D eigenvalue weighted by molar-refractivity contribution is -0.917. The molecule has 0 bridgehead atoms. The van der Waals surface area contributed by atoms with Crippen LogP contribution in [0.25, 0.3) is 0 Å². The van der Waals surface area contributed by atoms with Gasteiger partial charge in [0.15, 0.2) is 6.10 Å². The quantitative estimate of drug-likeness (QED) is 0.832. The number of amides is 2. The van der Waals surface area contributed by atoms with Gasteiger partial charge in [-0.05, 0) is 19.1 Å². The maximum absolute atomic E-state index is 12.7. The Hall–Kier alpha value is -2.86. The van der Waals surface area contributed by atoms with Crippen LogP contribution in [-0.2, 0) is 16.1 Å². The average molecular weight is 380 g/mol. The van der Waals surface area contributed by atoms with Gasteiger partial charge in [0.2, 0.25) is 5.91 Å². The second-order valence-electron chi connectivity index (χ2n) is 7.59. The molecular weight excluding hydrogens is 354 g/mol. The zero-order valence-corrected chi connectivity index (χ0v) is 16.1. The van der Waals surface area contributed by atoms with E-state index in [0.29, 0.717) is 24.5 Å². The minimum absolute atomic E-state index is 0.0193. The minimum atomic E-state index is -0.764. The molecule has 0 spiro atoms. The summed E-state index contributed by atoms with van der Waals surface area (Å²) in [6, 6.07) is 15.9. The highest BCUT2D eigenvalue weighted by molar-refractivity contribution is 5.99. The molecule has 6 heteroatoms. The van der Waals surface area contributed by atoms with Crippen LogP contribution in [0.4, 0.5) is 5.69 Å².